The van der Waals surface area contributed by atoms with Crippen molar-refractivity contribution < 1.29 is 23.1 Å². The van der Waals surface area contributed by atoms with Crippen molar-refractivity contribution in [2.45, 2.75) is 18.7 Å². The van der Waals surface area contributed by atoms with Crippen LogP contribution in [0.25, 0.3) is 0 Å². The number of halogens is 3. The molecule has 0 aromatic rings. The molecule has 54 valence electrons. The normalized spacial score (nSPS) is 18.8. The highest BCUT2D eigenvalue weighted by Crippen LogP contribution is 2.27. The van der Waals surface area contributed by atoms with Gasteiger partial charge in [-0.3, -0.25) is 4.79 Å². The van der Waals surface area contributed by atoms with Gasteiger partial charge in [-0.2, -0.15) is 13.2 Å². The Morgan fingerprint density at radius 1 is 1.44 bits per heavy atom. The molecule has 0 rings (SSSR count). The number of carbonyl (C=O) groups is 1. The zero-order chi connectivity index (χ0) is 7.71. The molecule has 5 heteroatoms. The highest BCUT2D eigenvalue weighted by Gasteiger charge is 2.49. The molecule has 0 saturated heterocycles. The average Bonchev–Trinajstić information content (AvgIpc) is 1.64. The van der Waals surface area contributed by atoms with Gasteiger partial charge in [-0.05, 0) is 6.92 Å². The van der Waals surface area contributed by atoms with E-state index in [1.807, 2.05) is 0 Å². The molecule has 0 spiro atoms. The van der Waals surface area contributed by atoms with Crippen LogP contribution >= 0.6 is 0 Å². The molecule has 0 aromatic carbocycles. The van der Waals surface area contributed by atoms with Crippen molar-refractivity contribution in [3.63, 3.8) is 0 Å². The smallest absolute Gasteiger partial charge is 0.375 e. The predicted octanol–water partition coefficient (Wildman–Crippen LogP) is 0.499. The summed E-state index contributed by atoms with van der Waals surface area (Å²) in [5.41, 5.74) is -3.20. The first-order chi connectivity index (χ1) is 3.81. The van der Waals surface area contributed by atoms with Crippen LogP contribution in [0, 0.1) is 0 Å². The molecule has 0 bridgehead atoms. The van der Waals surface area contributed by atoms with Crippen molar-refractivity contribution in [3.05, 3.63) is 0 Å². The lowest BCUT2D eigenvalue weighted by molar-refractivity contribution is -0.237. The van der Waals surface area contributed by atoms with Gasteiger partial charge in [-0.25, -0.2) is 0 Å². The van der Waals surface area contributed by atoms with Gasteiger partial charge in [0.1, 0.15) is 0 Å². The number of hydrogen-bond donors (Lipinski definition) is 1. The van der Waals surface area contributed by atoms with E-state index in [2.05, 4.69) is 0 Å². The number of aliphatic hydroxyl groups is 1. The summed E-state index contributed by atoms with van der Waals surface area (Å²) in [6.45, 7) is 0.389. The molecule has 0 aliphatic heterocycles. The molecule has 0 aromatic heterocycles. The summed E-state index contributed by atoms with van der Waals surface area (Å²) in [7, 11) is 0. The number of hydrogen-bond acceptors (Lipinski definition) is 2. The van der Waals surface area contributed by atoms with Crippen LogP contribution in [0.15, 0.2) is 0 Å². The second-order valence-corrected chi connectivity index (χ2v) is 1.76. The Labute approximate surface area is 49.3 Å². The number of rotatable bonds is 1. The Kier molecular flexibility index (Phi) is 1.85. The second kappa shape index (κ2) is 1.98. The van der Waals surface area contributed by atoms with E-state index in [0.717, 1.165) is 0 Å². The first kappa shape index (κ1) is 8.42. The predicted molar refractivity (Wildman–Crippen MR) is 22.7 cm³/mol. The molecule has 2 nitrogen and oxygen atoms in total. The van der Waals surface area contributed by atoms with Crippen molar-refractivity contribution in [2.75, 3.05) is 0 Å². The fourth-order valence-corrected chi connectivity index (χ4v) is 0.0668. The Morgan fingerprint density at radius 2 is 1.78 bits per heavy atom. The largest absolute Gasteiger partial charge is 0.423 e. The molecule has 0 radical (unpaired) electrons. The van der Waals surface area contributed by atoms with Gasteiger partial charge in [0.15, 0.2) is 6.29 Å². The summed E-state index contributed by atoms with van der Waals surface area (Å²) in [5.74, 6) is 0. The van der Waals surface area contributed by atoms with E-state index in [9.17, 15) is 18.0 Å². The maximum atomic E-state index is 11.4. The molecular formula is C4H5F3O2. The zero-order valence-electron chi connectivity index (χ0n) is 4.57. The molecule has 0 heterocycles. The number of alkyl halides is 3. The third-order valence-corrected chi connectivity index (χ3v) is 0.803. The van der Waals surface area contributed by atoms with Gasteiger partial charge in [0.2, 0.25) is 5.60 Å². The van der Waals surface area contributed by atoms with E-state index in [-0.39, 0.29) is 0 Å². The van der Waals surface area contributed by atoms with Crippen LogP contribution < -0.4 is 0 Å². The van der Waals surface area contributed by atoms with E-state index >= 15 is 0 Å². The quantitative estimate of drug-likeness (QED) is 0.541. The highest BCUT2D eigenvalue weighted by atomic mass is 19.4. The Bertz CT molecular complexity index is 115. The van der Waals surface area contributed by atoms with Crippen molar-refractivity contribution in [2.24, 2.45) is 0 Å². The summed E-state index contributed by atoms with van der Waals surface area (Å²) in [6.07, 6.45) is -5.41. The molecule has 0 aliphatic rings. The standard InChI is InChI=1S/C4H5F3O2/c1-3(9,2-8)4(5,6)7/h2,9H,1H3/t3-/m0/s1. The van der Waals surface area contributed by atoms with Crippen molar-refractivity contribution >= 4 is 6.29 Å². The SMILES string of the molecule is C[C@](O)(C=O)C(F)(F)F. The minimum atomic E-state index is -4.87. The van der Waals surface area contributed by atoms with Gasteiger partial charge in [0.25, 0.3) is 0 Å². The minimum Gasteiger partial charge on any atom is -0.375 e. The fraction of sp³-hybridized carbons (Fsp3) is 0.750. The van der Waals surface area contributed by atoms with Crippen LogP contribution in [0.2, 0.25) is 0 Å². The van der Waals surface area contributed by atoms with E-state index in [1.54, 1.807) is 0 Å². The zero-order valence-corrected chi connectivity index (χ0v) is 4.57. The number of aldehydes is 1. The molecule has 9 heavy (non-hydrogen) atoms. The lowest BCUT2D eigenvalue weighted by Gasteiger charge is -2.18. The molecule has 0 unspecified atom stereocenters. The lowest BCUT2D eigenvalue weighted by Crippen LogP contribution is -2.43. The van der Waals surface area contributed by atoms with Gasteiger partial charge >= 0.3 is 6.18 Å². The van der Waals surface area contributed by atoms with Crippen LogP contribution in [0.1, 0.15) is 6.92 Å². The van der Waals surface area contributed by atoms with Gasteiger partial charge in [-0.1, -0.05) is 0 Å². The minimum absolute atomic E-state index is 0.389. The lowest BCUT2D eigenvalue weighted by atomic mass is 10.1. The number of carbonyl (C=O) groups excluding carboxylic acids is 1. The fourth-order valence-electron chi connectivity index (χ4n) is 0.0668. The first-order valence-corrected chi connectivity index (χ1v) is 2.06. The van der Waals surface area contributed by atoms with E-state index in [4.69, 9.17) is 5.11 Å². The second-order valence-electron chi connectivity index (χ2n) is 1.76. The molecule has 0 aliphatic carbocycles. The van der Waals surface area contributed by atoms with Crippen LogP contribution in [0.4, 0.5) is 13.2 Å². The molecular weight excluding hydrogens is 137 g/mol. The Balaban J connectivity index is 4.32. The monoisotopic (exact) mass is 142 g/mol. The molecule has 1 atom stereocenters. The Morgan fingerprint density at radius 3 is 1.78 bits per heavy atom. The van der Waals surface area contributed by atoms with Gasteiger partial charge < -0.3 is 5.11 Å². The van der Waals surface area contributed by atoms with Crippen LogP contribution in [0.3, 0.4) is 0 Å². The van der Waals surface area contributed by atoms with E-state index in [0.29, 0.717) is 6.92 Å². The first-order valence-electron chi connectivity index (χ1n) is 2.06. The topological polar surface area (TPSA) is 37.3 Å². The maximum absolute atomic E-state index is 11.4. The van der Waals surface area contributed by atoms with Crippen LogP contribution in [-0.2, 0) is 4.79 Å². The maximum Gasteiger partial charge on any atom is 0.423 e. The van der Waals surface area contributed by atoms with Gasteiger partial charge in [-0.15, -0.1) is 0 Å². The summed E-state index contributed by atoms with van der Waals surface area (Å²) in [4.78, 5) is 9.50. The third-order valence-electron chi connectivity index (χ3n) is 0.803. The summed E-state index contributed by atoms with van der Waals surface area (Å²) < 4.78 is 34.1. The van der Waals surface area contributed by atoms with E-state index < -0.39 is 18.1 Å². The Hall–Kier alpha value is -0.580. The van der Waals surface area contributed by atoms with E-state index in [1.165, 1.54) is 0 Å². The van der Waals surface area contributed by atoms with Crippen LogP contribution in [-0.4, -0.2) is 23.2 Å². The molecule has 0 amide bonds. The van der Waals surface area contributed by atoms with Crippen molar-refractivity contribution in [1.29, 1.82) is 0 Å². The van der Waals surface area contributed by atoms with Gasteiger partial charge in [0, 0.05) is 0 Å². The molecule has 0 saturated carbocycles. The average molecular weight is 142 g/mol. The summed E-state index contributed by atoms with van der Waals surface area (Å²) in [6, 6.07) is 0. The van der Waals surface area contributed by atoms with Crippen LogP contribution in [0.5, 0.6) is 0 Å². The molecule has 1 N–H and O–H groups in total. The summed E-state index contributed by atoms with van der Waals surface area (Å²) >= 11 is 0. The van der Waals surface area contributed by atoms with Crippen molar-refractivity contribution in [1.82, 2.24) is 0 Å². The van der Waals surface area contributed by atoms with Gasteiger partial charge in [0.05, 0.1) is 0 Å². The highest BCUT2D eigenvalue weighted by molar-refractivity contribution is 5.62. The third kappa shape index (κ3) is 1.67. The molecule has 0 fully saturated rings. The van der Waals surface area contributed by atoms with Crippen molar-refractivity contribution in [3.8, 4) is 0 Å². The summed E-state index contributed by atoms with van der Waals surface area (Å²) in [5, 5.41) is 8.17.